The summed E-state index contributed by atoms with van der Waals surface area (Å²) < 4.78 is 0. The Labute approximate surface area is 154 Å². The van der Waals surface area contributed by atoms with Crippen LogP contribution in [0.4, 0.5) is 11.4 Å². The summed E-state index contributed by atoms with van der Waals surface area (Å²) in [7, 11) is 0. The summed E-state index contributed by atoms with van der Waals surface area (Å²) in [4.78, 5) is 10.1. The Hall–Kier alpha value is -2.26. The third kappa shape index (κ3) is 5.36. The molecule has 0 aromatic heterocycles. The maximum Gasteiger partial charge on any atom is 0.269 e. The Kier molecular flexibility index (Phi) is 6.65. The Morgan fingerprint density at radius 3 is 2.32 bits per heavy atom. The van der Waals surface area contributed by atoms with E-state index < -0.39 is 17.1 Å². The summed E-state index contributed by atoms with van der Waals surface area (Å²) in [6.07, 6.45) is -1.10. The van der Waals surface area contributed by atoms with Gasteiger partial charge >= 0.3 is 0 Å². The SMILES string of the molecule is O=[N+]([O-])c1ccc(C(O)C(CO)NC(=S)Nc2ccc(Cl)cc2)cc1. The van der Waals surface area contributed by atoms with E-state index in [-0.39, 0.29) is 17.4 Å². The van der Waals surface area contributed by atoms with Gasteiger partial charge in [-0.3, -0.25) is 10.1 Å². The Morgan fingerprint density at radius 1 is 1.20 bits per heavy atom. The van der Waals surface area contributed by atoms with Gasteiger partial charge in [0.25, 0.3) is 5.69 Å². The number of thiocarbonyl (C=S) groups is 1. The number of nitrogens with zero attached hydrogens (tertiary/aromatic N) is 1. The van der Waals surface area contributed by atoms with Crippen LogP contribution in [-0.2, 0) is 0 Å². The zero-order chi connectivity index (χ0) is 18.4. The first kappa shape index (κ1) is 19.1. The molecule has 2 atom stereocenters. The van der Waals surface area contributed by atoms with Gasteiger partial charge in [-0.15, -0.1) is 0 Å². The van der Waals surface area contributed by atoms with E-state index in [4.69, 9.17) is 23.8 Å². The van der Waals surface area contributed by atoms with Crippen molar-refractivity contribution in [3.8, 4) is 0 Å². The fourth-order valence-electron chi connectivity index (χ4n) is 2.12. The topological polar surface area (TPSA) is 108 Å². The van der Waals surface area contributed by atoms with Gasteiger partial charge in [-0.2, -0.15) is 0 Å². The summed E-state index contributed by atoms with van der Waals surface area (Å²) in [6.45, 7) is -0.388. The second-order valence-corrected chi connectivity index (χ2v) is 6.03. The zero-order valence-electron chi connectivity index (χ0n) is 12.9. The number of hydrogen-bond acceptors (Lipinski definition) is 5. The number of nitro benzene ring substituents is 1. The monoisotopic (exact) mass is 381 g/mol. The molecule has 0 aliphatic carbocycles. The molecule has 2 aromatic rings. The first-order chi connectivity index (χ1) is 11.9. The van der Waals surface area contributed by atoms with Gasteiger partial charge in [0.1, 0.15) is 6.10 Å². The average molecular weight is 382 g/mol. The normalized spacial score (nSPS) is 12.9. The number of benzene rings is 2. The highest BCUT2D eigenvalue weighted by Gasteiger charge is 2.21. The molecule has 0 saturated heterocycles. The van der Waals surface area contributed by atoms with Crippen molar-refractivity contribution < 1.29 is 15.1 Å². The summed E-state index contributed by atoms with van der Waals surface area (Å²) >= 11 is 11.0. The molecule has 0 radical (unpaired) electrons. The van der Waals surface area contributed by atoms with Gasteiger partial charge in [0.15, 0.2) is 5.11 Å². The van der Waals surface area contributed by atoms with E-state index in [2.05, 4.69) is 10.6 Å². The van der Waals surface area contributed by atoms with Gasteiger partial charge in [-0.25, -0.2) is 0 Å². The highest BCUT2D eigenvalue weighted by atomic mass is 35.5. The molecule has 0 spiro atoms. The molecule has 0 aliphatic rings. The first-order valence-electron chi connectivity index (χ1n) is 7.27. The molecule has 2 aromatic carbocycles. The summed E-state index contributed by atoms with van der Waals surface area (Å²) in [5.41, 5.74) is 1.04. The fraction of sp³-hybridized carbons (Fsp3) is 0.188. The molecule has 0 heterocycles. The van der Waals surface area contributed by atoms with Gasteiger partial charge in [0, 0.05) is 22.8 Å². The smallest absolute Gasteiger partial charge is 0.269 e. The minimum absolute atomic E-state index is 0.0793. The lowest BCUT2D eigenvalue weighted by Crippen LogP contribution is -2.43. The standard InChI is InChI=1S/C16H16ClN3O4S/c17-11-3-5-12(6-4-11)18-16(25)19-14(9-21)15(22)10-1-7-13(8-2-10)20(23)24/h1-8,14-15,21-22H,9H2,(H2,18,19,25). The minimum Gasteiger partial charge on any atom is -0.394 e. The van der Waals surface area contributed by atoms with Crippen molar-refractivity contribution >= 4 is 40.3 Å². The number of nitrogens with one attached hydrogen (secondary N) is 2. The largest absolute Gasteiger partial charge is 0.394 e. The molecule has 25 heavy (non-hydrogen) atoms. The van der Waals surface area contributed by atoms with E-state index in [1.807, 2.05) is 0 Å². The van der Waals surface area contributed by atoms with Gasteiger partial charge in [-0.05, 0) is 54.2 Å². The number of nitro groups is 1. The lowest BCUT2D eigenvalue weighted by Gasteiger charge is -2.24. The molecule has 7 nitrogen and oxygen atoms in total. The second kappa shape index (κ2) is 8.72. The summed E-state index contributed by atoms with van der Waals surface area (Å²) in [5, 5.41) is 37.1. The third-order valence-corrected chi connectivity index (χ3v) is 3.91. The second-order valence-electron chi connectivity index (χ2n) is 5.19. The molecule has 0 saturated carbocycles. The van der Waals surface area contributed by atoms with Crippen LogP contribution in [0.1, 0.15) is 11.7 Å². The molecule has 0 bridgehead atoms. The van der Waals surface area contributed by atoms with Crippen molar-refractivity contribution in [2.24, 2.45) is 0 Å². The van der Waals surface area contributed by atoms with Crippen LogP contribution in [0, 0.1) is 10.1 Å². The number of halogens is 1. The number of rotatable bonds is 6. The van der Waals surface area contributed by atoms with E-state index in [9.17, 15) is 20.3 Å². The average Bonchev–Trinajstić information content (AvgIpc) is 2.61. The van der Waals surface area contributed by atoms with Crippen molar-refractivity contribution in [1.82, 2.24) is 5.32 Å². The van der Waals surface area contributed by atoms with Gasteiger partial charge in [0.2, 0.25) is 0 Å². The molecule has 132 valence electrons. The Bertz CT molecular complexity index is 740. The quantitative estimate of drug-likeness (QED) is 0.346. The maximum atomic E-state index is 10.7. The molecule has 0 amide bonds. The Morgan fingerprint density at radius 2 is 1.80 bits per heavy atom. The highest BCUT2D eigenvalue weighted by molar-refractivity contribution is 7.80. The molecular formula is C16H16ClN3O4S. The number of aliphatic hydroxyl groups is 2. The highest BCUT2D eigenvalue weighted by Crippen LogP contribution is 2.20. The van der Waals surface area contributed by atoms with Crippen molar-refractivity contribution in [2.75, 3.05) is 11.9 Å². The predicted octanol–water partition coefficient (Wildman–Crippen LogP) is 2.63. The summed E-state index contributed by atoms with van der Waals surface area (Å²) in [5.74, 6) is 0. The van der Waals surface area contributed by atoms with E-state index in [1.165, 1.54) is 24.3 Å². The molecule has 2 rings (SSSR count). The number of hydrogen-bond donors (Lipinski definition) is 4. The molecule has 0 fully saturated rings. The Balaban J connectivity index is 2.01. The maximum absolute atomic E-state index is 10.7. The van der Waals surface area contributed by atoms with Crippen LogP contribution in [-0.4, -0.2) is 32.9 Å². The van der Waals surface area contributed by atoms with Gasteiger partial charge in [-0.1, -0.05) is 11.6 Å². The van der Waals surface area contributed by atoms with E-state index in [0.29, 0.717) is 16.3 Å². The number of non-ortho nitro benzene ring substituents is 1. The van der Waals surface area contributed by atoms with Crippen LogP contribution >= 0.6 is 23.8 Å². The fourth-order valence-corrected chi connectivity index (χ4v) is 2.51. The third-order valence-electron chi connectivity index (χ3n) is 3.44. The van der Waals surface area contributed by atoms with Crippen LogP contribution < -0.4 is 10.6 Å². The minimum atomic E-state index is -1.10. The summed E-state index contributed by atoms with van der Waals surface area (Å²) in [6, 6.07) is 11.5. The number of anilines is 1. The molecule has 2 unspecified atom stereocenters. The van der Waals surface area contributed by atoms with E-state index in [0.717, 1.165) is 0 Å². The van der Waals surface area contributed by atoms with Gasteiger partial charge in [0.05, 0.1) is 17.6 Å². The van der Waals surface area contributed by atoms with Crippen LogP contribution in [0.3, 0.4) is 0 Å². The van der Waals surface area contributed by atoms with Crippen LogP contribution in [0.25, 0.3) is 0 Å². The van der Waals surface area contributed by atoms with E-state index >= 15 is 0 Å². The predicted molar refractivity (Wildman–Crippen MR) is 99.7 cm³/mol. The zero-order valence-corrected chi connectivity index (χ0v) is 14.5. The van der Waals surface area contributed by atoms with Gasteiger partial charge < -0.3 is 20.8 Å². The van der Waals surface area contributed by atoms with Crippen molar-refractivity contribution in [3.05, 3.63) is 69.2 Å². The molecular weight excluding hydrogens is 366 g/mol. The van der Waals surface area contributed by atoms with Crippen molar-refractivity contribution in [3.63, 3.8) is 0 Å². The van der Waals surface area contributed by atoms with Crippen molar-refractivity contribution in [2.45, 2.75) is 12.1 Å². The van der Waals surface area contributed by atoms with Crippen LogP contribution in [0.15, 0.2) is 48.5 Å². The molecule has 9 heteroatoms. The van der Waals surface area contributed by atoms with Crippen molar-refractivity contribution in [1.29, 1.82) is 0 Å². The lowest BCUT2D eigenvalue weighted by atomic mass is 10.0. The molecule has 4 N–H and O–H groups in total. The molecule has 0 aliphatic heterocycles. The van der Waals surface area contributed by atoms with E-state index in [1.54, 1.807) is 24.3 Å². The lowest BCUT2D eigenvalue weighted by molar-refractivity contribution is -0.384. The van der Waals surface area contributed by atoms with Crippen LogP contribution in [0.2, 0.25) is 5.02 Å². The number of aliphatic hydroxyl groups excluding tert-OH is 2. The first-order valence-corrected chi connectivity index (χ1v) is 8.05. The van der Waals surface area contributed by atoms with Crippen LogP contribution in [0.5, 0.6) is 0 Å².